The van der Waals surface area contributed by atoms with Crippen LogP contribution in [0, 0.1) is 0 Å². The fourth-order valence-corrected chi connectivity index (χ4v) is 1.47. The molecule has 1 N–H and O–H groups in total. The topological polar surface area (TPSA) is 88.5 Å². The fourth-order valence-electron chi connectivity index (χ4n) is 0.693. The van der Waals surface area contributed by atoms with Gasteiger partial charge >= 0.3 is 15.6 Å². The van der Waals surface area contributed by atoms with Gasteiger partial charge in [0, 0.05) is 11.2 Å². The van der Waals surface area contributed by atoms with E-state index in [0.29, 0.717) is 4.90 Å². The molecule has 0 bridgehead atoms. The predicted molar refractivity (Wildman–Crippen MR) is 64.4 cm³/mol. The van der Waals surface area contributed by atoms with Crippen molar-refractivity contribution < 1.29 is 34.6 Å². The first-order valence-electron chi connectivity index (χ1n) is 4.28. The molecule has 5 nitrogen and oxygen atoms in total. The first-order chi connectivity index (χ1) is 8.25. The lowest BCUT2D eigenvalue weighted by Crippen LogP contribution is -2.21. The molecule has 0 saturated carbocycles. The Morgan fingerprint density at radius 3 is 1.58 bits per heavy atom. The standard InChI is InChI=1S/C7H8O2S2.CHF3O3S/c1-11(8,9)7-4-2-6(10)3-5-7;2-1(3,4)8(5,6)7/h2-5,10H,1H3;(H,5,6,7). The van der Waals surface area contributed by atoms with Gasteiger partial charge in [-0.05, 0) is 24.3 Å². The first kappa shape index (κ1) is 18.2. The third-order valence-corrected chi connectivity index (χ3v) is 3.57. The zero-order valence-corrected chi connectivity index (χ0v) is 11.8. The molecule has 0 aliphatic carbocycles. The molecule has 0 radical (unpaired) electrons. The average Bonchev–Trinajstić information content (AvgIpc) is 2.14. The van der Waals surface area contributed by atoms with Crippen LogP contribution in [0.3, 0.4) is 0 Å². The van der Waals surface area contributed by atoms with Crippen LogP contribution in [0.15, 0.2) is 34.1 Å². The lowest BCUT2D eigenvalue weighted by atomic mass is 10.4. The molecule has 0 aliphatic rings. The SMILES string of the molecule is CS(=O)(=O)c1ccc(S)cc1.O=S(=O)(O)C(F)(F)F. The van der Waals surface area contributed by atoms with Crippen LogP contribution in [0.5, 0.6) is 0 Å². The summed E-state index contributed by atoms with van der Waals surface area (Å²) in [6.45, 7) is 0. The van der Waals surface area contributed by atoms with E-state index in [0.717, 1.165) is 4.90 Å². The van der Waals surface area contributed by atoms with E-state index in [-0.39, 0.29) is 0 Å². The number of hydrogen-bond donors (Lipinski definition) is 2. The van der Waals surface area contributed by atoms with E-state index >= 15 is 0 Å². The third kappa shape index (κ3) is 6.80. The highest BCUT2D eigenvalue weighted by atomic mass is 32.2. The van der Waals surface area contributed by atoms with Crippen LogP contribution in [0.4, 0.5) is 13.2 Å². The maximum atomic E-state index is 10.9. The van der Waals surface area contributed by atoms with Crippen LogP contribution in [-0.2, 0) is 20.0 Å². The molecule has 0 unspecified atom stereocenters. The average molecular weight is 338 g/mol. The van der Waals surface area contributed by atoms with Crippen molar-refractivity contribution in [2.45, 2.75) is 15.3 Å². The van der Waals surface area contributed by atoms with Crippen LogP contribution in [-0.4, -0.2) is 33.2 Å². The smallest absolute Gasteiger partial charge is 0.279 e. The fraction of sp³-hybridized carbons (Fsp3) is 0.250. The minimum Gasteiger partial charge on any atom is -0.279 e. The van der Waals surface area contributed by atoms with Gasteiger partial charge < -0.3 is 0 Å². The second-order valence-corrected chi connectivity index (χ2v) is 7.13. The maximum absolute atomic E-state index is 10.9. The summed E-state index contributed by atoms with van der Waals surface area (Å²) in [4.78, 5) is 1.09. The molecule has 0 spiro atoms. The summed E-state index contributed by atoms with van der Waals surface area (Å²) in [5, 5.41) is 0. The number of sulfone groups is 1. The minimum absolute atomic E-state index is 0.329. The van der Waals surface area contributed by atoms with Crippen molar-refractivity contribution in [2.24, 2.45) is 0 Å². The van der Waals surface area contributed by atoms with Gasteiger partial charge in [0.25, 0.3) is 0 Å². The van der Waals surface area contributed by atoms with Gasteiger partial charge in [-0.25, -0.2) is 8.42 Å². The summed E-state index contributed by atoms with van der Waals surface area (Å²) in [6.07, 6.45) is 1.18. The Bertz CT molecular complexity index is 617. The Morgan fingerprint density at radius 2 is 1.37 bits per heavy atom. The summed E-state index contributed by atoms with van der Waals surface area (Å²) in [6, 6.07) is 6.38. The van der Waals surface area contributed by atoms with Crippen molar-refractivity contribution >= 4 is 32.6 Å². The predicted octanol–water partition coefficient (Wildman–Crippen LogP) is 1.77. The van der Waals surface area contributed by atoms with Gasteiger partial charge in [-0.1, -0.05) is 0 Å². The van der Waals surface area contributed by atoms with Gasteiger partial charge in [0.2, 0.25) is 0 Å². The minimum atomic E-state index is -5.84. The number of thiol groups is 1. The largest absolute Gasteiger partial charge is 0.522 e. The summed E-state index contributed by atoms with van der Waals surface area (Å²) in [5.74, 6) is 0. The summed E-state index contributed by atoms with van der Waals surface area (Å²) < 4.78 is 79.4. The lowest BCUT2D eigenvalue weighted by molar-refractivity contribution is -0.0510. The number of benzene rings is 1. The second-order valence-electron chi connectivity index (χ2n) is 3.19. The molecule has 1 aromatic rings. The second kappa shape index (κ2) is 6.11. The van der Waals surface area contributed by atoms with E-state index in [1.165, 1.54) is 18.4 Å². The summed E-state index contributed by atoms with van der Waals surface area (Å²) >= 11 is 4.03. The van der Waals surface area contributed by atoms with Crippen LogP contribution < -0.4 is 0 Å². The Balaban J connectivity index is 0.000000362. The maximum Gasteiger partial charge on any atom is 0.522 e. The highest BCUT2D eigenvalue weighted by Gasteiger charge is 2.44. The van der Waals surface area contributed by atoms with E-state index in [9.17, 15) is 21.6 Å². The molecule has 110 valence electrons. The van der Waals surface area contributed by atoms with E-state index in [4.69, 9.17) is 13.0 Å². The molecular formula is C8H9F3O5S3. The van der Waals surface area contributed by atoms with Crippen molar-refractivity contribution in [1.82, 2.24) is 0 Å². The molecule has 11 heteroatoms. The molecule has 1 rings (SSSR count). The van der Waals surface area contributed by atoms with Crippen molar-refractivity contribution in [2.75, 3.05) is 6.26 Å². The van der Waals surface area contributed by atoms with Gasteiger partial charge in [-0.15, -0.1) is 12.6 Å². The van der Waals surface area contributed by atoms with Crippen LogP contribution in [0.1, 0.15) is 0 Å². The quantitative estimate of drug-likeness (QED) is 0.463. The number of alkyl halides is 3. The van der Waals surface area contributed by atoms with Crippen LogP contribution in [0.2, 0.25) is 0 Å². The molecule has 0 saturated heterocycles. The zero-order valence-electron chi connectivity index (χ0n) is 9.29. The molecule has 0 amide bonds. The summed E-state index contributed by atoms with van der Waals surface area (Å²) in [7, 11) is -8.89. The lowest BCUT2D eigenvalue weighted by Gasteiger charge is -1.97. The third-order valence-electron chi connectivity index (χ3n) is 1.56. The van der Waals surface area contributed by atoms with E-state index in [1.807, 2.05) is 0 Å². The van der Waals surface area contributed by atoms with Crippen molar-refractivity contribution in [3.8, 4) is 0 Å². The molecule has 19 heavy (non-hydrogen) atoms. The number of halogens is 3. The Labute approximate surface area is 113 Å². The van der Waals surface area contributed by atoms with E-state index in [2.05, 4.69) is 12.6 Å². The molecule has 0 heterocycles. The summed E-state index contributed by atoms with van der Waals surface area (Å²) in [5.41, 5.74) is -5.53. The Morgan fingerprint density at radius 1 is 1.05 bits per heavy atom. The molecule has 0 fully saturated rings. The van der Waals surface area contributed by atoms with E-state index in [1.54, 1.807) is 12.1 Å². The van der Waals surface area contributed by atoms with Crippen LogP contribution >= 0.6 is 12.6 Å². The molecule has 0 aliphatic heterocycles. The van der Waals surface area contributed by atoms with Crippen LogP contribution in [0.25, 0.3) is 0 Å². The van der Waals surface area contributed by atoms with Crippen molar-refractivity contribution in [1.29, 1.82) is 0 Å². The Hall–Kier alpha value is -0.780. The van der Waals surface area contributed by atoms with Crippen molar-refractivity contribution in [3.05, 3.63) is 24.3 Å². The number of rotatable bonds is 1. The zero-order chi connectivity index (χ0) is 15.5. The Kier molecular flexibility index (Phi) is 5.86. The van der Waals surface area contributed by atoms with Gasteiger partial charge in [-0.2, -0.15) is 21.6 Å². The highest BCUT2D eigenvalue weighted by molar-refractivity contribution is 7.90. The number of hydrogen-bond acceptors (Lipinski definition) is 5. The van der Waals surface area contributed by atoms with E-state index < -0.39 is 25.5 Å². The molecule has 0 atom stereocenters. The monoisotopic (exact) mass is 338 g/mol. The highest BCUT2D eigenvalue weighted by Crippen LogP contribution is 2.20. The molecule has 1 aromatic carbocycles. The van der Waals surface area contributed by atoms with Gasteiger partial charge in [0.1, 0.15) is 0 Å². The normalized spacial score (nSPS) is 12.5. The van der Waals surface area contributed by atoms with Gasteiger partial charge in [-0.3, -0.25) is 4.55 Å². The van der Waals surface area contributed by atoms with Gasteiger partial charge in [0.15, 0.2) is 9.84 Å². The van der Waals surface area contributed by atoms with Crippen molar-refractivity contribution in [3.63, 3.8) is 0 Å². The van der Waals surface area contributed by atoms with Gasteiger partial charge in [0.05, 0.1) is 4.90 Å². The first-order valence-corrected chi connectivity index (χ1v) is 8.06. The molecule has 0 aromatic heterocycles. The molecular weight excluding hydrogens is 329 g/mol.